The van der Waals surface area contributed by atoms with Crippen molar-refractivity contribution in [2.75, 3.05) is 32.7 Å². The highest BCUT2D eigenvalue weighted by Crippen LogP contribution is 2.19. The Balaban J connectivity index is 1.51. The molecule has 2 atom stereocenters. The van der Waals surface area contributed by atoms with Crippen LogP contribution in [0.4, 0.5) is 0 Å². The van der Waals surface area contributed by atoms with Crippen molar-refractivity contribution in [3.8, 4) is 0 Å². The summed E-state index contributed by atoms with van der Waals surface area (Å²) in [6, 6.07) is 0. The SMILES string of the molecule is CCCCCCCCC(CCCCCCCC)OC(=O)CCCCCCCN1CC2CNCC(C1)O2. The highest BCUT2D eigenvalue weighted by atomic mass is 16.5. The van der Waals surface area contributed by atoms with Crippen LogP contribution in [0.5, 0.6) is 0 Å². The van der Waals surface area contributed by atoms with Crippen molar-refractivity contribution in [2.45, 2.75) is 161 Å². The van der Waals surface area contributed by atoms with Crippen molar-refractivity contribution in [3.63, 3.8) is 0 Å². The average Bonchev–Trinajstić information content (AvgIpc) is 2.87. The Hall–Kier alpha value is -0.650. The maximum absolute atomic E-state index is 12.5. The molecule has 0 aromatic rings. The van der Waals surface area contributed by atoms with Gasteiger partial charge in [0.15, 0.2) is 0 Å². The van der Waals surface area contributed by atoms with Crippen LogP contribution in [0.1, 0.15) is 142 Å². The maximum atomic E-state index is 12.5. The molecule has 0 amide bonds. The van der Waals surface area contributed by atoms with Gasteiger partial charge in [0.05, 0.1) is 12.2 Å². The van der Waals surface area contributed by atoms with Crippen LogP contribution in [-0.4, -0.2) is 61.9 Å². The number of hydrogen-bond donors (Lipinski definition) is 1. The molecule has 2 rings (SSSR count). The third-order valence-corrected chi connectivity index (χ3v) is 7.97. The average molecular weight is 509 g/mol. The maximum Gasteiger partial charge on any atom is 0.306 e. The fourth-order valence-corrected chi connectivity index (χ4v) is 5.77. The number of carbonyl (C=O) groups is 1. The van der Waals surface area contributed by atoms with Crippen LogP contribution in [0.2, 0.25) is 0 Å². The number of rotatable bonds is 23. The first-order chi connectivity index (χ1) is 17.7. The molecule has 212 valence electrons. The van der Waals surface area contributed by atoms with Crippen molar-refractivity contribution in [1.29, 1.82) is 0 Å². The highest BCUT2D eigenvalue weighted by molar-refractivity contribution is 5.69. The Bertz CT molecular complexity index is 502. The topological polar surface area (TPSA) is 50.8 Å². The summed E-state index contributed by atoms with van der Waals surface area (Å²) in [6.45, 7) is 9.88. The summed E-state index contributed by atoms with van der Waals surface area (Å²) in [4.78, 5) is 15.1. The van der Waals surface area contributed by atoms with Gasteiger partial charge in [0.25, 0.3) is 0 Å². The van der Waals surface area contributed by atoms with E-state index in [-0.39, 0.29) is 12.1 Å². The molecular formula is C31H60N2O3. The molecule has 0 aliphatic carbocycles. The molecule has 0 radical (unpaired) electrons. The molecule has 0 spiro atoms. The van der Waals surface area contributed by atoms with Gasteiger partial charge in [-0.1, -0.05) is 97.3 Å². The number of morpholine rings is 2. The zero-order valence-electron chi connectivity index (χ0n) is 24.1. The largest absolute Gasteiger partial charge is 0.462 e. The molecule has 2 unspecified atom stereocenters. The van der Waals surface area contributed by atoms with E-state index in [9.17, 15) is 4.79 Å². The molecule has 2 aliphatic rings. The standard InChI is InChI=1S/C31H60N2O3/c1-3-5-7-9-12-16-20-28(21-17-13-10-8-6-4-2)36-31(34)22-18-14-11-15-19-23-33-26-29-24-32-25-30(27-33)35-29/h28-30,32H,3-27H2,1-2H3. The van der Waals surface area contributed by atoms with Crippen LogP contribution in [0.3, 0.4) is 0 Å². The third kappa shape index (κ3) is 15.6. The number of hydrogen-bond acceptors (Lipinski definition) is 5. The zero-order valence-corrected chi connectivity index (χ0v) is 24.1. The summed E-state index contributed by atoms with van der Waals surface area (Å²) in [7, 11) is 0. The van der Waals surface area contributed by atoms with Gasteiger partial charge < -0.3 is 14.8 Å². The van der Waals surface area contributed by atoms with E-state index in [2.05, 4.69) is 24.1 Å². The lowest BCUT2D eigenvalue weighted by molar-refractivity contribution is -0.150. The second-order valence-corrected chi connectivity index (χ2v) is 11.5. The van der Waals surface area contributed by atoms with Gasteiger partial charge in [-0.25, -0.2) is 0 Å². The predicted molar refractivity (Wildman–Crippen MR) is 152 cm³/mol. The van der Waals surface area contributed by atoms with Gasteiger partial charge in [0.2, 0.25) is 0 Å². The lowest BCUT2D eigenvalue weighted by Crippen LogP contribution is -2.58. The molecule has 5 nitrogen and oxygen atoms in total. The minimum atomic E-state index is 0.0467. The monoisotopic (exact) mass is 508 g/mol. The Morgan fingerprint density at radius 2 is 1.25 bits per heavy atom. The molecule has 0 saturated carbocycles. The van der Waals surface area contributed by atoms with Crippen molar-refractivity contribution in [3.05, 3.63) is 0 Å². The number of unbranched alkanes of at least 4 members (excludes halogenated alkanes) is 14. The minimum absolute atomic E-state index is 0.0467. The molecular weight excluding hydrogens is 448 g/mol. The van der Waals surface area contributed by atoms with Crippen LogP contribution < -0.4 is 5.32 Å². The summed E-state index contributed by atoms with van der Waals surface area (Å²) in [6.07, 6.45) is 25.2. The van der Waals surface area contributed by atoms with Crippen LogP contribution >= 0.6 is 0 Å². The van der Waals surface area contributed by atoms with E-state index >= 15 is 0 Å². The first-order valence-corrected chi connectivity index (χ1v) is 16.0. The normalized spacial score (nSPS) is 20.2. The van der Waals surface area contributed by atoms with Gasteiger partial charge in [-0.05, 0) is 45.1 Å². The molecule has 0 aromatic carbocycles. The van der Waals surface area contributed by atoms with Crippen molar-refractivity contribution >= 4 is 5.97 Å². The van der Waals surface area contributed by atoms with Crippen LogP contribution in [0.15, 0.2) is 0 Å². The number of fused-ring (bicyclic) bond motifs is 2. The second-order valence-electron chi connectivity index (χ2n) is 11.5. The first-order valence-electron chi connectivity index (χ1n) is 16.0. The lowest BCUT2D eigenvalue weighted by atomic mass is 10.0. The van der Waals surface area contributed by atoms with E-state index in [4.69, 9.17) is 9.47 Å². The molecule has 5 heteroatoms. The van der Waals surface area contributed by atoms with Gasteiger partial charge in [0.1, 0.15) is 6.10 Å². The molecule has 2 aliphatic heterocycles. The van der Waals surface area contributed by atoms with Gasteiger partial charge >= 0.3 is 5.97 Å². The third-order valence-electron chi connectivity index (χ3n) is 7.97. The predicted octanol–water partition coefficient (Wildman–Crippen LogP) is 7.41. The summed E-state index contributed by atoms with van der Waals surface area (Å²) in [5.41, 5.74) is 0. The summed E-state index contributed by atoms with van der Waals surface area (Å²) in [5.74, 6) is 0.0467. The Morgan fingerprint density at radius 1 is 0.750 bits per heavy atom. The van der Waals surface area contributed by atoms with Gasteiger partial charge in [-0.3, -0.25) is 9.69 Å². The second kappa shape index (κ2) is 21.3. The number of esters is 1. The molecule has 1 N–H and O–H groups in total. The van der Waals surface area contributed by atoms with Gasteiger partial charge in [-0.15, -0.1) is 0 Å². The number of nitrogens with zero attached hydrogens (tertiary/aromatic N) is 1. The molecule has 2 heterocycles. The van der Waals surface area contributed by atoms with E-state index in [0.717, 1.165) is 51.9 Å². The van der Waals surface area contributed by atoms with E-state index in [1.54, 1.807) is 0 Å². The van der Waals surface area contributed by atoms with Crippen LogP contribution in [0.25, 0.3) is 0 Å². The number of nitrogens with one attached hydrogen (secondary N) is 1. The lowest BCUT2D eigenvalue weighted by Gasteiger charge is -2.41. The number of carbonyl (C=O) groups excluding carboxylic acids is 1. The van der Waals surface area contributed by atoms with Gasteiger partial charge in [0, 0.05) is 32.6 Å². The fraction of sp³-hybridized carbons (Fsp3) is 0.968. The molecule has 36 heavy (non-hydrogen) atoms. The molecule has 2 bridgehead atoms. The highest BCUT2D eigenvalue weighted by Gasteiger charge is 2.30. The van der Waals surface area contributed by atoms with Crippen molar-refractivity contribution in [2.24, 2.45) is 0 Å². The summed E-state index contributed by atoms with van der Waals surface area (Å²) >= 11 is 0. The van der Waals surface area contributed by atoms with E-state index in [1.807, 2.05) is 0 Å². The fourth-order valence-electron chi connectivity index (χ4n) is 5.77. The Labute approximate surface area is 223 Å². The van der Waals surface area contributed by atoms with E-state index in [0.29, 0.717) is 18.6 Å². The number of ether oxygens (including phenoxy) is 2. The van der Waals surface area contributed by atoms with Crippen LogP contribution in [0, 0.1) is 0 Å². The molecule has 0 aromatic heterocycles. The van der Waals surface area contributed by atoms with E-state index in [1.165, 1.54) is 103 Å². The molecule has 2 fully saturated rings. The zero-order chi connectivity index (χ0) is 25.7. The first kappa shape index (κ1) is 31.6. The van der Waals surface area contributed by atoms with E-state index < -0.39 is 0 Å². The summed E-state index contributed by atoms with van der Waals surface area (Å²) in [5, 5.41) is 3.47. The van der Waals surface area contributed by atoms with Crippen molar-refractivity contribution < 1.29 is 14.3 Å². The van der Waals surface area contributed by atoms with Crippen molar-refractivity contribution in [1.82, 2.24) is 10.2 Å². The van der Waals surface area contributed by atoms with Gasteiger partial charge in [-0.2, -0.15) is 0 Å². The quantitative estimate of drug-likeness (QED) is 0.115. The Kier molecular flexibility index (Phi) is 18.7. The summed E-state index contributed by atoms with van der Waals surface area (Å²) < 4.78 is 12.0. The molecule has 2 saturated heterocycles. The Morgan fingerprint density at radius 3 is 1.83 bits per heavy atom. The van der Waals surface area contributed by atoms with Crippen LogP contribution in [-0.2, 0) is 14.3 Å². The smallest absolute Gasteiger partial charge is 0.306 e. The minimum Gasteiger partial charge on any atom is -0.462 e.